The number of guanidine groups is 1. The Balaban J connectivity index is 1.79. The lowest BCUT2D eigenvalue weighted by atomic mass is 10.2. The number of carbonyl (C=O) groups excluding carboxylic acids is 2. The molecule has 1 aliphatic rings. The van der Waals surface area contributed by atoms with E-state index < -0.39 is 0 Å². The third-order valence-electron chi connectivity index (χ3n) is 4.95. The zero-order valence-electron chi connectivity index (χ0n) is 17.7. The van der Waals surface area contributed by atoms with Crippen molar-refractivity contribution in [2.75, 3.05) is 32.8 Å². The molecule has 2 aromatic carbocycles. The molecule has 0 unspecified atom stereocenters. The molecule has 0 spiro atoms. The fourth-order valence-electron chi connectivity index (χ4n) is 3.20. The summed E-state index contributed by atoms with van der Waals surface area (Å²) in [6, 6.07) is 14.8. The van der Waals surface area contributed by atoms with Gasteiger partial charge in [-0.15, -0.1) is 0 Å². The van der Waals surface area contributed by atoms with Crippen molar-refractivity contribution in [3.63, 3.8) is 0 Å². The van der Waals surface area contributed by atoms with Gasteiger partial charge in [-0.2, -0.15) is 0 Å². The Morgan fingerprint density at radius 3 is 2.13 bits per heavy atom. The van der Waals surface area contributed by atoms with E-state index in [0.717, 1.165) is 17.0 Å². The van der Waals surface area contributed by atoms with Crippen molar-refractivity contribution in [3.8, 4) is 5.75 Å². The molecule has 0 radical (unpaired) electrons. The first-order valence-electron chi connectivity index (χ1n) is 10.2. The largest absolute Gasteiger partial charge is 0.494 e. The minimum atomic E-state index is -0.238. The number of amides is 2. The van der Waals surface area contributed by atoms with Crippen molar-refractivity contribution < 1.29 is 14.3 Å². The standard InChI is InChI=1S/C23H28N4O3/c1-4-30-21-11-7-19(8-12-21)22(29)25-23(24-20-9-5-17(2)6-10-20)27-15-13-26(14-16-27)18(3)28/h5-12H,4,13-16H2,1-3H3,(H,24,25,29). The van der Waals surface area contributed by atoms with E-state index in [-0.39, 0.29) is 11.8 Å². The summed E-state index contributed by atoms with van der Waals surface area (Å²) in [5, 5.41) is 2.95. The van der Waals surface area contributed by atoms with E-state index >= 15 is 0 Å². The number of rotatable bonds is 4. The van der Waals surface area contributed by atoms with Crippen LogP contribution in [0.25, 0.3) is 0 Å². The lowest BCUT2D eigenvalue weighted by Crippen LogP contribution is -2.54. The number of hydrogen-bond acceptors (Lipinski definition) is 4. The van der Waals surface area contributed by atoms with Gasteiger partial charge in [-0.1, -0.05) is 17.7 Å². The van der Waals surface area contributed by atoms with E-state index in [1.54, 1.807) is 36.1 Å². The summed E-state index contributed by atoms with van der Waals surface area (Å²) in [5.74, 6) is 1.03. The molecule has 1 N–H and O–H groups in total. The van der Waals surface area contributed by atoms with Crippen LogP contribution >= 0.6 is 0 Å². The van der Waals surface area contributed by atoms with Gasteiger partial charge in [0, 0.05) is 38.7 Å². The number of aryl methyl sites for hydroxylation is 1. The number of piperazine rings is 1. The van der Waals surface area contributed by atoms with Gasteiger partial charge >= 0.3 is 0 Å². The molecule has 0 saturated carbocycles. The molecule has 7 heteroatoms. The van der Waals surface area contributed by atoms with Gasteiger partial charge in [0.1, 0.15) is 5.75 Å². The fourth-order valence-corrected chi connectivity index (χ4v) is 3.20. The van der Waals surface area contributed by atoms with Crippen LogP contribution in [0.5, 0.6) is 5.75 Å². The molecule has 0 bridgehead atoms. The Morgan fingerprint density at radius 1 is 0.967 bits per heavy atom. The SMILES string of the molecule is CCOc1ccc(C(=O)NC(=Nc2ccc(C)cc2)N2CCN(C(C)=O)CC2)cc1. The quantitative estimate of drug-likeness (QED) is 0.624. The van der Waals surface area contributed by atoms with Gasteiger partial charge in [-0.3, -0.25) is 14.9 Å². The number of aliphatic imine (C=N–C) groups is 1. The van der Waals surface area contributed by atoms with Gasteiger partial charge in [0.15, 0.2) is 0 Å². The molecule has 2 amide bonds. The van der Waals surface area contributed by atoms with Crippen LogP contribution in [0.1, 0.15) is 29.8 Å². The van der Waals surface area contributed by atoms with E-state index in [0.29, 0.717) is 44.3 Å². The molecule has 30 heavy (non-hydrogen) atoms. The minimum Gasteiger partial charge on any atom is -0.494 e. The average Bonchev–Trinajstić information content (AvgIpc) is 2.75. The van der Waals surface area contributed by atoms with Crippen molar-refractivity contribution >= 4 is 23.5 Å². The molecule has 1 aliphatic heterocycles. The summed E-state index contributed by atoms with van der Waals surface area (Å²) in [4.78, 5) is 33.0. The summed E-state index contributed by atoms with van der Waals surface area (Å²) >= 11 is 0. The zero-order chi connectivity index (χ0) is 21.5. The van der Waals surface area contributed by atoms with Crippen molar-refractivity contribution in [1.29, 1.82) is 0 Å². The van der Waals surface area contributed by atoms with Crippen molar-refractivity contribution in [2.24, 2.45) is 4.99 Å². The Kier molecular flexibility index (Phi) is 7.06. The summed E-state index contributed by atoms with van der Waals surface area (Å²) in [7, 11) is 0. The van der Waals surface area contributed by atoms with Gasteiger partial charge in [-0.05, 0) is 50.2 Å². The lowest BCUT2D eigenvalue weighted by molar-refractivity contribution is -0.130. The first-order valence-corrected chi connectivity index (χ1v) is 10.2. The van der Waals surface area contributed by atoms with Gasteiger partial charge in [-0.25, -0.2) is 4.99 Å². The smallest absolute Gasteiger partial charge is 0.257 e. The zero-order valence-corrected chi connectivity index (χ0v) is 17.7. The van der Waals surface area contributed by atoms with Crippen LogP contribution in [0.2, 0.25) is 0 Å². The van der Waals surface area contributed by atoms with Gasteiger partial charge in [0.25, 0.3) is 5.91 Å². The molecular weight excluding hydrogens is 380 g/mol. The van der Waals surface area contributed by atoms with E-state index in [2.05, 4.69) is 10.3 Å². The fraction of sp³-hybridized carbons (Fsp3) is 0.348. The second-order valence-corrected chi connectivity index (χ2v) is 7.18. The molecule has 0 aliphatic carbocycles. The van der Waals surface area contributed by atoms with Gasteiger partial charge in [0.2, 0.25) is 11.9 Å². The molecule has 2 aromatic rings. The third-order valence-corrected chi connectivity index (χ3v) is 4.95. The number of benzene rings is 2. The maximum Gasteiger partial charge on any atom is 0.257 e. The molecule has 1 heterocycles. The maximum absolute atomic E-state index is 12.9. The summed E-state index contributed by atoms with van der Waals surface area (Å²) < 4.78 is 5.44. The van der Waals surface area contributed by atoms with Crippen LogP contribution in [0, 0.1) is 6.92 Å². The molecular formula is C23H28N4O3. The van der Waals surface area contributed by atoms with Crippen molar-refractivity contribution in [3.05, 3.63) is 59.7 Å². The van der Waals surface area contributed by atoms with Crippen LogP contribution in [0.3, 0.4) is 0 Å². The predicted octanol–water partition coefficient (Wildman–Crippen LogP) is 2.98. The highest BCUT2D eigenvalue weighted by atomic mass is 16.5. The number of nitrogens with zero attached hydrogens (tertiary/aromatic N) is 3. The molecule has 0 atom stereocenters. The van der Waals surface area contributed by atoms with Crippen molar-refractivity contribution in [1.82, 2.24) is 15.1 Å². The normalized spacial score (nSPS) is 14.4. The van der Waals surface area contributed by atoms with E-state index in [4.69, 9.17) is 4.74 Å². The lowest BCUT2D eigenvalue weighted by Gasteiger charge is -2.35. The van der Waals surface area contributed by atoms with Crippen LogP contribution in [0.15, 0.2) is 53.5 Å². The summed E-state index contributed by atoms with van der Waals surface area (Å²) in [6.07, 6.45) is 0. The maximum atomic E-state index is 12.9. The molecule has 158 valence electrons. The van der Waals surface area contributed by atoms with Gasteiger partial charge < -0.3 is 14.5 Å². The number of carbonyl (C=O) groups is 2. The van der Waals surface area contributed by atoms with Gasteiger partial charge in [0.05, 0.1) is 12.3 Å². The summed E-state index contributed by atoms with van der Waals surface area (Å²) in [6.45, 7) is 8.49. The number of ether oxygens (including phenoxy) is 1. The molecule has 3 rings (SSSR count). The third kappa shape index (κ3) is 5.59. The van der Waals surface area contributed by atoms with E-state index in [1.165, 1.54) is 0 Å². The van der Waals surface area contributed by atoms with Crippen LogP contribution < -0.4 is 10.1 Å². The Bertz CT molecular complexity index is 899. The van der Waals surface area contributed by atoms with Crippen LogP contribution in [-0.4, -0.2) is 60.4 Å². The Morgan fingerprint density at radius 2 is 1.57 bits per heavy atom. The Labute approximate surface area is 177 Å². The van der Waals surface area contributed by atoms with Crippen LogP contribution in [-0.2, 0) is 4.79 Å². The highest BCUT2D eigenvalue weighted by Crippen LogP contribution is 2.15. The molecule has 0 aromatic heterocycles. The topological polar surface area (TPSA) is 74.2 Å². The first kappa shape index (κ1) is 21.4. The second-order valence-electron chi connectivity index (χ2n) is 7.18. The monoisotopic (exact) mass is 408 g/mol. The van der Waals surface area contributed by atoms with Crippen molar-refractivity contribution in [2.45, 2.75) is 20.8 Å². The molecule has 1 fully saturated rings. The molecule has 7 nitrogen and oxygen atoms in total. The minimum absolute atomic E-state index is 0.0603. The second kappa shape index (κ2) is 9.91. The Hall–Kier alpha value is -3.35. The first-order chi connectivity index (χ1) is 14.5. The van der Waals surface area contributed by atoms with Crippen LogP contribution in [0.4, 0.5) is 5.69 Å². The number of nitrogens with one attached hydrogen (secondary N) is 1. The highest BCUT2D eigenvalue weighted by Gasteiger charge is 2.23. The van der Waals surface area contributed by atoms with E-state index in [1.807, 2.05) is 43.0 Å². The molecule has 1 saturated heterocycles. The summed E-state index contributed by atoms with van der Waals surface area (Å²) in [5.41, 5.74) is 2.43. The average molecular weight is 409 g/mol. The predicted molar refractivity (Wildman–Crippen MR) is 117 cm³/mol. The highest BCUT2D eigenvalue weighted by molar-refractivity contribution is 6.06. The van der Waals surface area contributed by atoms with E-state index in [9.17, 15) is 9.59 Å². The number of hydrogen-bond donors (Lipinski definition) is 1.